The van der Waals surface area contributed by atoms with Crippen molar-refractivity contribution in [1.82, 2.24) is 19.7 Å². The smallest absolute Gasteiger partial charge is 0.115 e. The van der Waals surface area contributed by atoms with Gasteiger partial charge in [0.15, 0.2) is 0 Å². The van der Waals surface area contributed by atoms with Crippen LogP contribution >= 0.6 is 15.9 Å². The summed E-state index contributed by atoms with van der Waals surface area (Å²) in [4.78, 5) is 7.97. The van der Waals surface area contributed by atoms with Gasteiger partial charge in [0, 0.05) is 30.9 Å². The zero-order chi connectivity index (χ0) is 10.7. The Balaban J connectivity index is 2.21. The number of hydrogen-bond donors (Lipinski definition) is 0. The molecule has 0 saturated carbocycles. The van der Waals surface area contributed by atoms with Crippen LogP contribution in [0.25, 0.3) is 0 Å². The fourth-order valence-corrected chi connectivity index (χ4v) is 1.97. The summed E-state index contributed by atoms with van der Waals surface area (Å²) in [6.45, 7) is 2.93. The lowest BCUT2D eigenvalue weighted by molar-refractivity contribution is 0.644. The van der Waals surface area contributed by atoms with Gasteiger partial charge in [0.2, 0.25) is 0 Å². The second-order valence-electron chi connectivity index (χ2n) is 3.20. The molecule has 0 N–H and O–H groups in total. The number of halogens is 1. The van der Waals surface area contributed by atoms with E-state index in [4.69, 9.17) is 0 Å². The highest BCUT2D eigenvalue weighted by molar-refractivity contribution is 9.10. The number of rotatable bonds is 3. The highest BCUT2D eigenvalue weighted by Gasteiger charge is 2.07. The monoisotopic (exact) mass is 266 g/mol. The average molecular weight is 267 g/mol. The van der Waals surface area contributed by atoms with Gasteiger partial charge in [0.25, 0.3) is 0 Å². The SMILES string of the molecule is CCn1ncc(Cc2cncnc2)c1Br. The molecule has 2 aromatic rings. The molecule has 2 aromatic heterocycles. The van der Waals surface area contributed by atoms with Gasteiger partial charge in [-0.2, -0.15) is 5.10 Å². The Hall–Kier alpha value is -1.23. The molecule has 0 aliphatic carbocycles. The van der Waals surface area contributed by atoms with Crippen LogP contribution in [0.3, 0.4) is 0 Å². The van der Waals surface area contributed by atoms with Crippen molar-refractivity contribution in [1.29, 1.82) is 0 Å². The number of aromatic nitrogens is 4. The van der Waals surface area contributed by atoms with E-state index in [1.807, 2.05) is 23.3 Å². The van der Waals surface area contributed by atoms with Crippen LogP contribution in [0.2, 0.25) is 0 Å². The summed E-state index contributed by atoms with van der Waals surface area (Å²) in [5.74, 6) is 0. The Morgan fingerprint density at radius 2 is 2.00 bits per heavy atom. The van der Waals surface area contributed by atoms with Crippen LogP contribution in [0.5, 0.6) is 0 Å². The molecule has 0 atom stereocenters. The van der Waals surface area contributed by atoms with Crippen LogP contribution in [0.15, 0.2) is 29.5 Å². The third-order valence-electron chi connectivity index (χ3n) is 2.15. The molecule has 5 heteroatoms. The lowest BCUT2D eigenvalue weighted by Gasteiger charge is -2.00. The Morgan fingerprint density at radius 1 is 1.27 bits per heavy atom. The molecule has 15 heavy (non-hydrogen) atoms. The van der Waals surface area contributed by atoms with Crippen molar-refractivity contribution >= 4 is 15.9 Å². The van der Waals surface area contributed by atoms with E-state index in [2.05, 4.69) is 37.9 Å². The van der Waals surface area contributed by atoms with Gasteiger partial charge < -0.3 is 0 Å². The Bertz CT molecular complexity index is 438. The van der Waals surface area contributed by atoms with Crippen molar-refractivity contribution < 1.29 is 0 Å². The highest BCUT2D eigenvalue weighted by Crippen LogP contribution is 2.18. The molecule has 0 radical (unpaired) electrons. The molecule has 78 valence electrons. The van der Waals surface area contributed by atoms with Gasteiger partial charge in [0.1, 0.15) is 10.9 Å². The molecule has 2 heterocycles. The largest absolute Gasteiger partial charge is 0.258 e. The van der Waals surface area contributed by atoms with Crippen molar-refractivity contribution in [2.45, 2.75) is 19.9 Å². The van der Waals surface area contributed by atoms with E-state index in [0.29, 0.717) is 0 Å². The quantitative estimate of drug-likeness (QED) is 0.854. The normalized spacial score (nSPS) is 10.5. The first kappa shape index (κ1) is 10.3. The van der Waals surface area contributed by atoms with Crippen LogP contribution in [-0.4, -0.2) is 19.7 Å². The van der Waals surface area contributed by atoms with Gasteiger partial charge in [0.05, 0.1) is 6.20 Å². The van der Waals surface area contributed by atoms with Crippen LogP contribution in [0.1, 0.15) is 18.1 Å². The number of hydrogen-bond acceptors (Lipinski definition) is 3. The van der Waals surface area contributed by atoms with Crippen LogP contribution in [-0.2, 0) is 13.0 Å². The Labute approximate surface area is 96.5 Å². The second-order valence-corrected chi connectivity index (χ2v) is 3.95. The highest BCUT2D eigenvalue weighted by atomic mass is 79.9. The van der Waals surface area contributed by atoms with E-state index in [9.17, 15) is 0 Å². The fourth-order valence-electron chi connectivity index (χ4n) is 1.39. The standard InChI is InChI=1S/C10H11BrN4/c1-2-15-10(11)9(6-14-15)3-8-4-12-7-13-5-8/h4-7H,2-3H2,1H3. The van der Waals surface area contributed by atoms with E-state index in [1.54, 1.807) is 0 Å². The topological polar surface area (TPSA) is 43.6 Å². The first-order valence-electron chi connectivity index (χ1n) is 4.75. The van der Waals surface area contributed by atoms with Crippen LogP contribution in [0.4, 0.5) is 0 Å². The van der Waals surface area contributed by atoms with E-state index >= 15 is 0 Å². The van der Waals surface area contributed by atoms with Crippen LogP contribution < -0.4 is 0 Å². The van der Waals surface area contributed by atoms with E-state index in [0.717, 1.165) is 28.7 Å². The first-order valence-corrected chi connectivity index (χ1v) is 5.54. The maximum absolute atomic E-state index is 4.26. The zero-order valence-corrected chi connectivity index (χ0v) is 9.98. The van der Waals surface area contributed by atoms with Crippen molar-refractivity contribution in [2.75, 3.05) is 0 Å². The van der Waals surface area contributed by atoms with E-state index < -0.39 is 0 Å². The first-order chi connectivity index (χ1) is 7.31. The predicted octanol–water partition coefficient (Wildman–Crippen LogP) is 2.05. The molecule has 0 amide bonds. The summed E-state index contributed by atoms with van der Waals surface area (Å²) in [6, 6.07) is 0. The molecular weight excluding hydrogens is 256 g/mol. The second kappa shape index (κ2) is 4.53. The number of aryl methyl sites for hydroxylation is 1. The van der Waals surface area contributed by atoms with Crippen molar-refractivity contribution in [2.24, 2.45) is 0 Å². The molecule has 0 spiro atoms. The summed E-state index contributed by atoms with van der Waals surface area (Å²) < 4.78 is 2.95. The van der Waals surface area contributed by atoms with Crippen molar-refractivity contribution in [3.05, 3.63) is 40.6 Å². The summed E-state index contributed by atoms with van der Waals surface area (Å²) in [5, 5.41) is 4.26. The third-order valence-corrected chi connectivity index (χ3v) is 3.07. The predicted molar refractivity (Wildman–Crippen MR) is 60.4 cm³/mol. The minimum absolute atomic E-state index is 0.807. The van der Waals surface area contributed by atoms with Crippen molar-refractivity contribution in [3.8, 4) is 0 Å². The maximum atomic E-state index is 4.26. The fraction of sp³-hybridized carbons (Fsp3) is 0.300. The summed E-state index contributed by atoms with van der Waals surface area (Å²) in [7, 11) is 0. The molecule has 0 aromatic carbocycles. The Kier molecular flexibility index (Phi) is 3.11. The summed E-state index contributed by atoms with van der Waals surface area (Å²) in [6.07, 6.45) is 7.86. The third kappa shape index (κ3) is 2.23. The molecule has 0 fully saturated rings. The summed E-state index contributed by atoms with van der Waals surface area (Å²) in [5.41, 5.74) is 2.25. The minimum Gasteiger partial charge on any atom is -0.258 e. The van der Waals surface area contributed by atoms with Crippen molar-refractivity contribution in [3.63, 3.8) is 0 Å². The van der Waals surface area contributed by atoms with Gasteiger partial charge in [-0.15, -0.1) is 0 Å². The molecule has 0 saturated heterocycles. The molecule has 0 unspecified atom stereocenters. The number of nitrogens with zero attached hydrogens (tertiary/aromatic N) is 4. The molecule has 0 bridgehead atoms. The van der Waals surface area contributed by atoms with E-state index in [-0.39, 0.29) is 0 Å². The van der Waals surface area contributed by atoms with E-state index in [1.165, 1.54) is 6.33 Å². The van der Waals surface area contributed by atoms with Gasteiger partial charge in [-0.05, 0) is 28.4 Å². The molecule has 2 rings (SSSR count). The molecule has 0 aliphatic heterocycles. The molecule has 4 nitrogen and oxygen atoms in total. The van der Waals surface area contributed by atoms with Crippen LogP contribution in [0, 0.1) is 0 Å². The average Bonchev–Trinajstić information content (AvgIpc) is 2.62. The lowest BCUT2D eigenvalue weighted by Crippen LogP contribution is -1.96. The summed E-state index contributed by atoms with van der Waals surface area (Å²) >= 11 is 3.53. The minimum atomic E-state index is 0.807. The Morgan fingerprint density at radius 3 is 2.60 bits per heavy atom. The molecular formula is C10H11BrN4. The zero-order valence-electron chi connectivity index (χ0n) is 8.39. The van der Waals surface area contributed by atoms with Gasteiger partial charge in [-0.25, -0.2) is 9.97 Å². The van der Waals surface area contributed by atoms with Gasteiger partial charge in [-0.3, -0.25) is 4.68 Å². The van der Waals surface area contributed by atoms with Gasteiger partial charge in [-0.1, -0.05) is 0 Å². The maximum Gasteiger partial charge on any atom is 0.115 e. The lowest BCUT2D eigenvalue weighted by atomic mass is 10.1. The van der Waals surface area contributed by atoms with Gasteiger partial charge >= 0.3 is 0 Å². The molecule has 0 aliphatic rings.